The zero-order valence-corrected chi connectivity index (χ0v) is 33.0. The summed E-state index contributed by atoms with van der Waals surface area (Å²) < 4.78 is 2.46. The third kappa shape index (κ3) is 5.00. The first-order valence-electron chi connectivity index (χ1n) is 20.6. The Hall–Kier alpha value is -7.42. The predicted octanol–water partition coefficient (Wildman–Crippen LogP) is 15.7. The number of hydrogen-bond donors (Lipinski definition) is 0. The highest BCUT2D eigenvalue weighted by Crippen LogP contribution is 2.51. The number of anilines is 3. The lowest BCUT2D eigenvalue weighted by Crippen LogP contribution is -2.16. The topological polar surface area (TPSA) is 8.17 Å². The first kappa shape index (κ1) is 33.7. The van der Waals surface area contributed by atoms with Crippen LogP contribution in [0.4, 0.5) is 17.1 Å². The number of benzene rings is 10. The van der Waals surface area contributed by atoms with E-state index in [9.17, 15) is 0 Å². The van der Waals surface area contributed by atoms with E-state index < -0.39 is 0 Å². The summed E-state index contributed by atoms with van der Waals surface area (Å²) in [4.78, 5) is 2.44. The number of aromatic nitrogens is 1. The first-order valence-corrected chi connectivity index (χ1v) is 20.6. The highest BCUT2D eigenvalue weighted by molar-refractivity contribution is 6.32. The largest absolute Gasteiger partial charge is 0.310 e. The highest BCUT2D eigenvalue weighted by atomic mass is 15.1. The Bertz CT molecular complexity index is 3460. The molecule has 12 rings (SSSR count). The lowest BCUT2D eigenvalue weighted by atomic mass is 9.82. The van der Waals surface area contributed by atoms with Gasteiger partial charge in [-0.15, -0.1) is 0 Å². The van der Waals surface area contributed by atoms with Crippen LogP contribution in [0.1, 0.15) is 25.0 Å². The average molecular weight is 753 g/mol. The number of rotatable bonds is 5. The SMILES string of the molecule is CC1(C)c2ccccc2-c2ccc(N(c3ccc(-c4ccc5c(c4)c4c6ccccc6c6ccccc6c4n5-c4ccccc4)cc3)c3cccc4ccccc34)cc21. The molecule has 11 aromatic rings. The van der Waals surface area contributed by atoms with Crippen LogP contribution in [0.5, 0.6) is 0 Å². The molecule has 0 radical (unpaired) electrons. The van der Waals surface area contributed by atoms with E-state index >= 15 is 0 Å². The molecule has 2 heteroatoms. The fraction of sp³-hybridized carbons (Fsp3) is 0.0526. The minimum atomic E-state index is -0.101. The molecule has 0 amide bonds. The first-order chi connectivity index (χ1) is 29.0. The summed E-state index contributed by atoms with van der Waals surface area (Å²) in [6.45, 7) is 4.72. The van der Waals surface area contributed by atoms with Crippen LogP contribution in [0, 0.1) is 0 Å². The van der Waals surface area contributed by atoms with Gasteiger partial charge in [-0.25, -0.2) is 0 Å². The molecule has 0 aliphatic heterocycles. The van der Waals surface area contributed by atoms with E-state index in [1.165, 1.54) is 93.2 Å². The third-order valence-corrected chi connectivity index (χ3v) is 12.9. The smallest absolute Gasteiger partial charge is 0.0625 e. The Kier molecular flexibility index (Phi) is 7.31. The lowest BCUT2D eigenvalue weighted by molar-refractivity contribution is 0.660. The molecule has 0 atom stereocenters. The van der Waals surface area contributed by atoms with Crippen LogP contribution in [-0.2, 0) is 5.41 Å². The van der Waals surface area contributed by atoms with Crippen molar-refractivity contribution in [3.05, 3.63) is 217 Å². The van der Waals surface area contributed by atoms with Gasteiger partial charge in [0.15, 0.2) is 0 Å². The molecule has 1 aliphatic rings. The van der Waals surface area contributed by atoms with Crippen molar-refractivity contribution in [2.45, 2.75) is 19.3 Å². The molecular formula is C57H40N2. The normalized spacial score (nSPS) is 13.1. The monoisotopic (exact) mass is 752 g/mol. The van der Waals surface area contributed by atoms with Crippen molar-refractivity contribution in [1.82, 2.24) is 4.57 Å². The third-order valence-electron chi connectivity index (χ3n) is 12.9. The second kappa shape index (κ2) is 12.8. The van der Waals surface area contributed by atoms with Crippen LogP contribution < -0.4 is 4.90 Å². The van der Waals surface area contributed by atoms with Gasteiger partial charge in [-0.05, 0) is 110 Å². The van der Waals surface area contributed by atoms with Gasteiger partial charge in [0.05, 0.1) is 16.7 Å². The van der Waals surface area contributed by atoms with Gasteiger partial charge in [0.1, 0.15) is 0 Å². The Balaban J connectivity index is 1.04. The molecule has 0 unspecified atom stereocenters. The van der Waals surface area contributed by atoms with Crippen LogP contribution in [0.2, 0.25) is 0 Å². The molecule has 0 fully saturated rings. The molecule has 0 saturated carbocycles. The number of nitrogens with zero attached hydrogens (tertiary/aromatic N) is 2. The van der Waals surface area contributed by atoms with Crippen LogP contribution in [0.25, 0.3) is 82.1 Å². The molecule has 10 aromatic carbocycles. The van der Waals surface area contributed by atoms with E-state index in [2.05, 4.69) is 230 Å². The van der Waals surface area contributed by atoms with E-state index in [0.29, 0.717) is 0 Å². The van der Waals surface area contributed by atoms with Crippen molar-refractivity contribution in [3.8, 4) is 27.9 Å². The van der Waals surface area contributed by atoms with Crippen molar-refractivity contribution >= 4 is 71.2 Å². The maximum atomic E-state index is 2.46. The highest BCUT2D eigenvalue weighted by Gasteiger charge is 2.36. The molecule has 59 heavy (non-hydrogen) atoms. The molecule has 0 spiro atoms. The summed E-state index contributed by atoms with van der Waals surface area (Å²) in [6, 6.07) is 76.1. The number of hydrogen-bond acceptors (Lipinski definition) is 1. The summed E-state index contributed by atoms with van der Waals surface area (Å²) in [5, 5.41) is 10.1. The van der Waals surface area contributed by atoms with Crippen molar-refractivity contribution in [2.75, 3.05) is 4.90 Å². The van der Waals surface area contributed by atoms with Gasteiger partial charge < -0.3 is 9.47 Å². The Morgan fingerprint density at radius 2 is 1.02 bits per heavy atom. The Morgan fingerprint density at radius 3 is 1.83 bits per heavy atom. The van der Waals surface area contributed by atoms with E-state index in [-0.39, 0.29) is 5.41 Å². The van der Waals surface area contributed by atoms with Gasteiger partial charge in [0.2, 0.25) is 0 Å². The van der Waals surface area contributed by atoms with Crippen molar-refractivity contribution in [1.29, 1.82) is 0 Å². The van der Waals surface area contributed by atoms with E-state index in [1.54, 1.807) is 0 Å². The standard InChI is InChI=1S/C57H40N2/c1-57(2)51-25-13-12-22-46(51)47-33-32-42(36-52(47)57)58(53-26-14-16-38-15-6-7-19-43(38)53)41-30-27-37(28-31-41)39-29-34-54-50(35-39)55-48-23-10-8-20-44(48)45-21-9-11-24-49(45)56(55)59(54)40-17-4-3-5-18-40/h3-36H,1-2H3. The molecule has 2 nitrogen and oxygen atoms in total. The van der Waals surface area contributed by atoms with Gasteiger partial charge in [-0.1, -0.05) is 166 Å². The van der Waals surface area contributed by atoms with Gasteiger partial charge in [0.25, 0.3) is 0 Å². The second-order valence-electron chi connectivity index (χ2n) is 16.5. The van der Waals surface area contributed by atoms with Crippen molar-refractivity contribution in [3.63, 3.8) is 0 Å². The van der Waals surface area contributed by atoms with Crippen molar-refractivity contribution < 1.29 is 0 Å². The van der Waals surface area contributed by atoms with Gasteiger partial charge >= 0.3 is 0 Å². The number of fused-ring (bicyclic) bond motifs is 12. The zero-order valence-electron chi connectivity index (χ0n) is 33.0. The molecule has 1 aromatic heterocycles. The molecule has 0 bridgehead atoms. The maximum absolute atomic E-state index is 2.46. The van der Waals surface area contributed by atoms with Crippen molar-refractivity contribution in [2.24, 2.45) is 0 Å². The van der Waals surface area contributed by atoms with E-state index in [0.717, 1.165) is 17.1 Å². The zero-order chi connectivity index (χ0) is 39.2. The summed E-state index contributed by atoms with van der Waals surface area (Å²) >= 11 is 0. The van der Waals surface area contributed by atoms with Crippen LogP contribution in [0.3, 0.4) is 0 Å². The predicted molar refractivity (Wildman–Crippen MR) is 251 cm³/mol. The quantitative estimate of drug-likeness (QED) is 0.159. The second-order valence-corrected chi connectivity index (χ2v) is 16.5. The van der Waals surface area contributed by atoms with Gasteiger partial charge in [-0.2, -0.15) is 0 Å². The summed E-state index contributed by atoms with van der Waals surface area (Å²) in [7, 11) is 0. The molecule has 278 valence electrons. The summed E-state index contributed by atoms with van der Waals surface area (Å²) in [5.74, 6) is 0. The molecule has 0 saturated heterocycles. The van der Waals surface area contributed by atoms with Crippen LogP contribution in [-0.4, -0.2) is 4.57 Å². The van der Waals surface area contributed by atoms with Crippen LogP contribution >= 0.6 is 0 Å². The lowest BCUT2D eigenvalue weighted by Gasteiger charge is -2.29. The van der Waals surface area contributed by atoms with Gasteiger partial charge in [0, 0.05) is 44.0 Å². The average Bonchev–Trinajstić information content (AvgIpc) is 3.76. The minimum absolute atomic E-state index is 0.101. The van der Waals surface area contributed by atoms with E-state index in [4.69, 9.17) is 0 Å². The van der Waals surface area contributed by atoms with E-state index in [1.807, 2.05) is 0 Å². The molecular weight excluding hydrogens is 713 g/mol. The molecule has 1 aliphatic carbocycles. The summed E-state index contributed by atoms with van der Waals surface area (Å²) in [6.07, 6.45) is 0. The fourth-order valence-electron chi connectivity index (χ4n) is 10.2. The fourth-order valence-corrected chi connectivity index (χ4v) is 10.2. The minimum Gasteiger partial charge on any atom is -0.310 e. The van der Waals surface area contributed by atoms with Crippen LogP contribution in [0.15, 0.2) is 206 Å². The summed E-state index contributed by atoms with van der Waals surface area (Å²) in [5.41, 5.74) is 14.8. The molecule has 1 heterocycles. The maximum Gasteiger partial charge on any atom is 0.0625 e. The van der Waals surface area contributed by atoms with Gasteiger partial charge in [-0.3, -0.25) is 0 Å². The Morgan fingerprint density at radius 1 is 0.407 bits per heavy atom. The molecule has 0 N–H and O–H groups in total. The number of para-hydroxylation sites is 1. The Labute approximate surface area is 343 Å².